The highest BCUT2D eigenvalue weighted by atomic mass is 16.5. The molecule has 2 aromatic carbocycles. The SMILES string of the molecule is CNC1CC(OC)c2cccc3cccc1c23. The van der Waals surface area contributed by atoms with Gasteiger partial charge < -0.3 is 10.1 Å². The Morgan fingerprint density at radius 3 is 2.47 bits per heavy atom. The zero-order valence-electron chi connectivity index (χ0n) is 10.2. The van der Waals surface area contributed by atoms with Gasteiger partial charge in [-0.25, -0.2) is 0 Å². The fraction of sp³-hybridized carbons (Fsp3) is 0.333. The Kier molecular flexibility index (Phi) is 2.61. The van der Waals surface area contributed by atoms with E-state index >= 15 is 0 Å². The van der Waals surface area contributed by atoms with Gasteiger partial charge in [0.2, 0.25) is 0 Å². The fourth-order valence-electron chi connectivity index (χ4n) is 2.92. The van der Waals surface area contributed by atoms with Crippen LogP contribution in [-0.4, -0.2) is 14.2 Å². The second-order valence-electron chi connectivity index (χ2n) is 4.59. The van der Waals surface area contributed by atoms with Crippen molar-refractivity contribution in [1.82, 2.24) is 5.32 Å². The van der Waals surface area contributed by atoms with Crippen molar-refractivity contribution in [3.05, 3.63) is 47.5 Å². The smallest absolute Gasteiger partial charge is 0.0845 e. The van der Waals surface area contributed by atoms with E-state index in [1.807, 2.05) is 7.05 Å². The van der Waals surface area contributed by atoms with E-state index in [9.17, 15) is 0 Å². The summed E-state index contributed by atoms with van der Waals surface area (Å²) in [6, 6.07) is 13.4. The van der Waals surface area contributed by atoms with Crippen molar-refractivity contribution in [2.24, 2.45) is 0 Å². The van der Waals surface area contributed by atoms with Crippen molar-refractivity contribution in [2.75, 3.05) is 14.2 Å². The molecule has 0 spiro atoms. The first-order valence-corrected chi connectivity index (χ1v) is 6.06. The molecular weight excluding hydrogens is 210 g/mol. The van der Waals surface area contributed by atoms with E-state index in [4.69, 9.17) is 4.74 Å². The highest BCUT2D eigenvalue weighted by molar-refractivity contribution is 5.90. The van der Waals surface area contributed by atoms with Gasteiger partial charge in [-0.15, -0.1) is 0 Å². The maximum Gasteiger partial charge on any atom is 0.0845 e. The van der Waals surface area contributed by atoms with Gasteiger partial charge in [-0.3, -0.25) is 0 Å². The van der Waals surface area contributed by atoms with Crippen molar-refractivity contribution >= 4 is 10.8 Å². The minimum atomic E-state index is 0.200. The van der Waals surface area contributed by atoms with E-state index in [2.05, 4.69) is 41.7 Å². The number of ether oxygens (including phenoxy) is 1. The summed E-state index contributed by atoms with van der Waals surface area (Å²) in [5.74, 6) is 0. The van der Waals surface area contributed by atoms with Crippen LogP contribution in [-0.2, 0) is 4.74 Å². The first-order chi connectivity index (χ1) is 8.35. The monoisotopic (exact) mass is 227 g/mol. The van der Waals surface area contributed by atoms with Crippen molar-refractivity contribution in [3.63, 3.8) is 0 Å². The van der Waals surface area contributed by atoms with Gasteiger partial charge in [-0.1, -0.05) is 36.4 Å². The normalized spacial score (nSPS) is 22.9. The van der Waals surface area contributed by atoms with Crippen LogP contribution >= 0.6 is 0 Å². The number of hydrogen-bond acceptors (Lipinski definition) is 2. The van der Waals surface area contributed by atoms with Crippen LogP contribution in [0.4, 0.5) is 0 Å². The van der Waals surface area contributed by atoms with Gasteiger partial charge in [0, 0.05) is 13.2 Å². The van der Waals surface area contributed by atoms with Crippen molar-refractivity contribution in [3.8, 4) is 0 Å². The average molecular weight is 227 g/mol. The third kappa shape index (κ3) is 1.56. The Labute approximate surface area is 102 Å². The first-order valence-electron chi connectivity index (χ1n) is 6.06. The second kappa shape index (κ2) is 4.13. The molecule has 2 atom stereocenters. The summed E-state index contributed by atoms with van der Waals surface area (Å²) in [7, 11) is 3.81. The summed E-state index contributed by atoms with van der Waals surface area (Å²) >= 11 is 0. The lowest BCUT2D eigenvalue weighted by atomic mass is 9.83. The van der Waals surface area contributed by atoms with Gasteiger partial charge in [-0.05, 0) is 35.4 Å². The van der Waals surface area contributed by atoms with Crippen molar-refractivity contribution < 1.29 is 4.74 Å². The number of rotatable bonds is 2. The molecular formula is C15H17NO. The van der Waals surface area contributed by atoms with E-state index in [0.717, 1.165) is 6.42 Å². The molecule has 2 heteroatoms. The molecule has 2 aromatic rings. The van der Waals surface area contributed by atoms with Gasteiger partial charge in [0.1, 0.15) is 0 Å². The van der Waals surface area contributed by atoms with Gasteiger partial charge >= 0.3 is 0 Å². The Balaban J connectivity index is 2.32. The summed E-state index contributed by atoms with van der Waals surface area (Å²) in [5, 5.41) is 6.06. The number of nitrogens with one attached hydrogen (secondary N) is 1. The molecule has 3 rings (SSSR count). The van der Waals surface area contributed by atoms with Crippen LogP contribution in [0.25, 0.3) is 10.8 Å². The summed E-state index contributed by atoms with van der Waals surface area (Å²) in [6.45, 7) is 0. The molecule has 0 aliphatic heterocycles. The molecule has 2 unspecified atom stereocenters. The van der Waals surface area contributed by atoms with Gasteiger partial charge in [0.25, 0.3) is 0 Å². The molecule has 0 saturated heterocycles. The molecule has 1 aliphatic rings. The third-order valence-electron chi connectivity index (χ3n) is 3.77. The lowest BCUT2D eigenvalue weighted by molar-refractivity contribution is 0.0847. The summed E-state index contributed by atoms with van der Waals surface area (Å²) in [4.78, 5) is 0. The van der Waals surface area contributed by atoms with Crippen LogP contribution in [0.3, 0.4) is 0 Å². The molecule has 0 radical (unpaired) electrons. The zero-order valence-corrected chi connectivity index (χ0v) is 10.2. The highest BCUT2D eigenvalue weighted by Gasteiger charge is 2.27. The summed E-state index contributed by atoms with van der Waals surface area (Å²) in [5.41, 5.74) is 2.72. The molecule has 0 heterocycles. The quantitative estimate of drug-likeness (QED) is 0.850. The van der Waals surface area contributed by atoms with Crippen LogP contribution in [0.1, 0.15) is 29.7 Å². The lowest BCUT2D eigenvalue weighted by Crippen LogP contribution is -2.24. The standard InChI is InChI=1S/C15H17NO/c1-16-13-9-14(17-2)12-8-4-6-10-5-3-7-11(13)15(10)12/h3-8,13-14,16H,9H2,1-2H3. The number of methoxy groups -OCH3 is 1. The lowest BCUT2D eigenvalue weighted by Gasteiger charge is -2.31. The van der Waals surface area contributed by atoms with E-state index in [-0.39, 0.29) is 6.10 Å². The van der Waals surface area contributed by atoms with Crippen LogP contribution in [0.2, 0.25) is 0 Å². The topological polar surface area (TPSA) is 21.3 Å². The molecule has 0 fully saturated rings. The van der Waals surface area contributed by atoms with E-state index < -0.39 is 0 Å². The van der Waals surface area contributed by atoms with Crippen molar-refractivity contribution in [1.29, 1.82) is 0 Å². The van der Waals surface area contributed by atoms with Gasteiger partial charge in [0.05, 0.1) is 6.10 Å². The summed E-state index contributed by atoms with van der Waals surface area (Å²) in [6.07, 6.45) is 1.20. The Hall–Kier alpha value is -1.38. The van der Waals surface area contributed by atoms with Crippen LogP contribution < -0.4 is 5.32 Å². The minimum Gasteiger partial charge on any atom is -0.377 e. The van der Waals surface area contributed by atoms with Crippen LogP contribution in [0.5, 0.6) is 0 Å². The molecule has 0 amide bonds. The van der Waals surface area contributed by atoms with E-state index in [0.29, 0.717) is 6.04 Å². The maximum absolute atomic E-state index is 5.63. The molecule has 2 nitrogen and oxygen atoms in total. The fourth-order valence-corrected chi connectivity index (χ4v) is 2.92. The predicted octanol–water partition coefficient (Wildman–Crippen LogP) is 3.19. The summed E-state index contributed by atoms with van der Waals surface area (Å²) < 4.78 is 5.63. The average Bonchev–Trinajstić information content (AvgIpc) is 2.40. The largest absolute Gasteiger partial charge is 0.377 e. The molecule has 1 aliphatic carbocycles. The minimum absolute atomic E-state index is 0.200. The molecule has 0 bridgehead atoms. The third-order valence-corrected chi connectivity index (χ3v) is 3.77. The number of hydrogen-bond donors (Lipinski definition) is 1. The van der Waals surface area contributed by atoms with Crippen LogP contribution in [0, 0.1) is 0 Å². The molecule has 17 heavy (non-hydrogen) atoms. The van der Waals surface area contributed by atoms with E-state index in [1.54, 1.807) is 7.11 Å². The predicted molar refractivity (Wildman–Crippen MR) is 70.1 cm³/mol. The first kappa shape index (κ1) is 10.8. The Morgan fingerprint density at radius 1 is 1.12 bits per heavy atom. The Morgan fingerprint density at radius 2 is 1.82 bits per heavy atom. The zero-order chi connectivity index (χ0) is 11.8. The molecule has 88 valence electrons. The molecule has 0 aromatic heterocycles. The molecule has 1 N–H and O–H groups in total. The highest BCUT2D eigenvalue weighted by Crippen LogP contribution is 2.41. The second-order valence-corrected chi connectivity index (χ2v) is 4.59. The van der Waals surface area contributed by atoms with Crippen LogP contribution in [0.15, 0.2) is 36.4 Å². The van der Waals surface area contributed by atoms with Gasteiger partial charge in [0.15, 0.2) is 0 Å². The maximum atomic E-state index is 5.63. The van der Waals surface area contributed by atoms with Gasteiger partial charge in [-0.2, -0.15) is 0 Å². The Bertz CT molecular complexity index is 505. The van der Waals surface area contributed by atoms with Crippen molar-refractivity contribution in [2.45, 2.75) is 18.6 Å². The molecule has 0 saturated carbocycles. The van der Waals surface area contributed by atoms with E-state index in [1.165, 1.54) is 21.9 Å². The number of benzene rings is 2.